The molecule has 1 amide bonds. The van der Waals surface area contributed by atoms with Crippen LogP contribution in [-0.4, -0.2) is 64.9 Å². The van der Waals surface area contributed by atoms with E-state index in [2.05, 4.69) is 41.0 Å². The van der Waals surface area contributed by atoms with Gasteiger partial charge in [0.2, 0.25) is 5.91 Å². The van der Waals surface area contributed by atoms with Crippen LogP contribution in [0.25, 0.3) is 10.2 Å². The molecule has 1 N–H and O–H groups in total. The van der Waals surface area contributed by atoms with Gasteiger partial charge in [0, 0.05) is 35.4 Å². The van der Waals surface area contributed by atoms with Crippen LogP contribution in [-0.2, 0) is 22.4 Å². The Morgan fingerprint density at radius 1 is 1.38 bits per heavy atom. The van der Waals surface area contributed by atoms with Crippen molar-refractivity contribution in [2.45, 2.75) is 50.6 Å². The first kappa shape index (κ1) is 21.0. The van der Waals surface area contributed by atoms with Crippen LogP contribution in [0.3, 0.4) is 0 Å². The number of carbonyl (C=O) groups excluding carboxylic acids is 1. The molecule has 0 spiro atoms. The zero-order chi connectivity index (χ0) is 20.4. The summed E-state index contributed by atoms with van der Waals surface area (Å²) < 4.78 is 5.44. The molecule has 0 radical (unpaired) electrons. The lowest BCUT2D eigenvalue weighted by molar-refractivity contribution is -0.119. The highest BCUT2D eigenvalue weighted by Gasteiger charge is 2.29. The molecule has 2 aromatic heterocycles. The van der Waals surface area contributed by atoms with Gasteiger partial charge < -0.3 is 10.1 Å². The van der Waals surface area contributed by atoms with E-state index in [4.69, 9.17) is 4.74 Å². The molecule has 6 nitrogen and oxygen atoms in total. The first-order valence-corrected chi connectivity index (χ1v) is 12.2. The Hall–Kier alpha value is -1.22. The summed E-state index contributed by atoms with van der Waals surface area (Å²) in [5.74, 6) is 1.17. The zero-order valence-electron chi connectivity index (χ0n) is 17.5. The van der Waals surface area contributed by atoms with Crippen LogP contribution in [0.5, 0.6) is 0 Å². The topological polar surface area (TPSA) is 67.4 Å². The van der Waals surface area contributed by atoms with Crippen LogP contribution in [0.1, 0.15) is 37.6 Å². The Morgan fingerprint density at radius 2 is 2.17 bits per heavy atom. The van der Waals surface area contributed by atoms with Crippen molar-refractivity contribution in [1.29, 1.82) is 0 Å². The molecule has 1 atom stereocenters. The van der Waals surface area contributed by atoms with Crippen molar-refractivity contribution in [2.24, 2.45) is 5.92 Å². The second kappa shape index (κ2) is 8.88. The molecule has 4 rings (SSSR count). The van der Waals surface area contributed by atoms with Crippen molar-refractivity contribution in [1.82, 2.24) is 20.2 Å². The average Bonchev–Trinajstić information content (AvgIpc) is 3.09. The summed E-state index contributed by atoms with van der Waals surface area (Å²) in [5, 5.41) is 5.25. The summed E-state index contributed by atoms with van der Waals surface area (Å²) in [6.45, 7) is 10.7. The van der Waals surface area contributed by atoms with Crippen molar-refractivity contribution in [3.8, 4) is 0 Å². The Kier molecular flexibility index (Phi) is 6.44. The van der Waals surface area contributed by atoms with Crippen molar-refractivity contribution >= 4 is 39.2 Å². The second-order valence-electron chi connectivity index (χ2n) is 8.69. The monoisotopic (exact) mass is 434 g/mol. The third kappa shape index (κ3) is 4.76. The van der Waals surface area contributed by atoms with E-state index in [9.17, 15) is 4.79 Å². The van der Waals surface area contributed by atoms with E-state index in [0.29, 0.717) is 12.3 Å². The standard InChI is InChI=1S/C21H30N4O2S2/c1-14-4-5-15-16(10-14)29-20-18(15)19(23-13-24-20)28-11-17(26)22-12-21(2,3)25-6-8-27-9-7-25/h13-14H,4-12H2,1-3H3,(H,22,26)/t14-/m1/s1. The second-order valence-corrected chi connectivity index (χ2v) is 10.7. The van der Waals surface area contributed by atoms with Gasteiger partial charge >= 0.3 is 0 Å². The maximum absolute atomic E-state index is 12.5. The van der Waals surface area contributed by atoms with Crippen LogP contribution >= 0.6 is 23.1 Å². The van der Waals surface area contributed by atoms with E-state index in [1.807, 2.05) is 0 Å². The SMILES string of the molecule is C[C@@H]1CCc2c(sc3ncnc(SCC(=O)NCC(C)(C)N4CCOCC4)c23)C1. The highest BCUT2D eigenvalue weighted by molar-refractivity contribution is 8.00. The summed E-state index contributed by atoms with van der Waals surface area (Å²) in [4.78, 5) is 26.5. The number of nitrogens with one attached hydrogen (secondary N) is 1. The first-order valence-electron chi connectivity index (χ1n) is 10.4. The molecular formula is C21H30N4O2S2. The molecule has 2 aliphatic rings. The lowest BCUT2D eigenvalue weighted by atomic mass is 9.89. The van der Waals surface area contributed by atoms with Gasteiger partial charge in [0.05, 0.1) is 19.0 Å². The molecule has 0 bridgehead atoms. The number of carbonyl (C=O) groups is 1. The van der Waals surface area contributed by atoms with Crippen LogP contribution in [0.15, 0.2) is 11.4 Å². The summed E-state index contributed by atoms with van der Waals surface area (Å²) in [6, 6.07) is 0. The number of fused-ring (bicyclic) bond motifs is 3. The van der Waals surface area contributed by atoms with Crippen molar-refractivity contribution in [3.63, 3.8) is 0 Å². The Bertz CT molecular complexity index is 877. The number of thioether (sulfide) groups is 1. The van der Waals surface area contributed by atoms with Gasteiger partial charge in [-0.05, 0) is 44.6 Å². The highest BCUT2D eigenvalue weighted by Crippen LogP contribution is 2.40. The van der Waals surface area contributed by atoms with Gasteiger partial charge in [0.1, 0.15) is 16.2 Å². The van der Waals surface area contributed by atoms with E-state index in [1.54, 1.807) is 17.7 Å². The summed E-state index contributed by atoms with van der Waals surface area (Å²) in [6.07, 6.45) is 5.08. The van der Waals surface area contributed by atoms with E-state index < -0.39 is 0 Å². The Morgan fingerprint density at radius 3 is 2.97 bits per heavy atom. The summed E-state index contributed by atoms with van der Waals surface area (Å²) in [7, 11) is 0. The number of morpholine rings is 1. The maximum atomic E-state index is 12.5. The summed E-state index contributed by atoms with van der Waals surface area (Å²) >= 11 is 3.33. The number of rotatable bonds is 6. The highest BCUT2D eigenvalue weighted by atomic mass is 32.2. The zero-order valence-corrected chi connectivity index (χ0v) is 19.1. The van der Waals surface area contributed by atoms with Gasteiger partial charge in [0.25, 0.3) is 0 Å². The van der Waals surface area contributed by atoms with Crippen molar-refractivity contribution in [2.75, 3.05) is 38.6 Å². The number of hydrogen-bond donors (Lipinski definition) is 1. The average molecular weight is 435 g/mol. The van der Waals surface area contributed by atoms with Gasteiger partial charge in [-0.3, -0.25) is 9.69 Å². The van der Waals surface area contributed by atoms with Gasteiger partial charge in [-0.15, -0.1) is 11.3 Å². The first-order chi connectivity index (χ1) is 13.9. The fourth-order valence-electron chi connectivity index (χ4n) is 4.14. The fraction of sp³-hybridized carbons (Fsp3) is 0.667. The smallest absolute Gasteiger partial charge is 0.230 e. The summed E-state index contributed by atoms with van der Waals surface area (Å²) in [5.41, 5.74) is 1.34. The van der Waals surface area contributed by atoms with Gasteiger partial charge in [-0.1, -0.05) is 18.7 Å². The minimum absolute atomic E-state index is 0.0563. The van der Waals surface area contributed by atoms with Crippen molar-refractivity contribution < 1.29 is 9.53 Å². The van der Waals surface area contributed by atoms with Gasteiger partial charge in [0.15, 0.2) is 0 Å². The van der Waals surface area contributed by atoms with E-state index in [-0.39, 0.29) is 11.4 Å². The molecule has 1 aliphatic heterocycles. The largest absolute Gasteiger partial charge is 0.379 e. The molecule has 8 heteroatoms. The minimum atomic E-state index is -0.0740. The van der Waals surface area contributed by atoms with Gasteiger partial charge in [-0.2, -0.15) is 0 Å². The minimum Gasteiger partial charge on any atom is -0.379 e. The van der Waals surface area contributed by atoms with Gasteiger partial charge in [-0.25, -0.2) is 9.97 Å². The predicted octanol–water partition coefficient (Wildman–Crippen LogP) is 3.14. The third-order valence-electron chi connectivity index (χ3n) is 5.98. The van der Waals surface area contributed by atoms with Crippen molar-refractivity contribution in [3.05, 3.63) is 16.8 Å². The number of amides is 1. The number of nitrogens with zero attached hydrogens (tertiary/aromatic N) is 3. The van der Waals surface area contributed by atoms with E-state index in [0.717, 1.165) is 54.9 Å². The van der Waals surface area contributed by atoms with Crippen LogP contribution in [0.4, 0.5) is 0 Å². The maximum Gasteiger partial charge on any atom is 0.230 e. The fourth-order valence-corrected chi connectivity index (χ4v) is 6.41. The number of ether oxygens (including phenoxy) is 1. The molecule has 1 saturated heterocycles. The molecular weight excluding hydrogens is 404 g/mol. The molecule has 1 fully saturated rings. The number of hydrogen-bond acceptors (Lipinski definition) is 7. The molecule has 3 heterocycles. The van der Waals surface area contributed by atoms with Crippen LogP contribution < -0.4 is 5.32 Å². The van der Waals surface area contributed by atoms with Crippen LogP contribution in [0.2, 0.25) is 0 Å². The van der Waals surface area contributed by atoms with Crippen LogP contribution in [0, 0.1) is 5.92 Å². The Labute approximate surface area is 180 Å². The predicted molar refractivity (Wildman–Crippen MR) is 119 cm³/mol. The third-order valence-corrected chi connectivity index (χ3v) is 8.13. The normalized spacial score (nSPS) is 20.6. The molecule has 2 aromatic rings. The van der Waals surface area contributed by atoms with E-state index >= 15 is 0 Å². The molecule has 0 saturated carbocycles. The molecule has 0 unspecified atom stereocenters. The quantitative estimate of drug-likeness (QED) is 0.557. The Balaban J connectivity index is 1.37. The lowest BCUT2D eigenvalue weighted by Gasteiger charge is -2.40. The van der Waals surface area contributed by atoms with E-state index in [1.165, 1.54) is 34.0 Å². The number of thiophene rings is 1. The number of aromatic nitrogens is 2. The number of aryl methyl sites for hydroxylation is 1. The molecule has 1 aliphatic carbocycles. The molecule has 0 aromatic carbocycles. The lowest BCUT2D eigenvalue weighted by Crippen LogP contribution is -2.55. The molecule has 158 valence electrons. The molecule has 29 heavy (non-hydrogen) atoms.